The van der Waals surface area contributed by atoms with Crippen LogP contribution in [-0.2, 0) is 5.41 Å². The molecule has 1 aromatic carbocycles. The number of amides is 2. The molecule has 0 saturated carbocycles. The van der Waals surface area contributed by atoms with Crippen molar-refractivity contribution in [3.8, 4) is 0 Å². The minimum Gasteiger partial charge on any atom is -0.333 e. The first-order chi connectivity index (χ1) is 8.64. The van der Waals surface area contributed by atoms with Crippen molar-refractivity contribution < 1.29 is 4.79 Å². The molecule has 1 rings (SSSR count). The van der Waals surface area contributed by atoms with E-state index in [1.807, 2.05) is 45.0 Å². The Balaban J connectivity index is 2.70. The Morgan fingerprint density at radius 2 is 1.63 bits per heavy atom. The van der Waals surface area contributed by atoms with Crippen LogP contribution in [0.25, 0.3) is 0 Å². The Bertz CT molecular complexity index is 430. The molecule has 106 valence electrons. The van der Waals surface area contributed by atoms with Crippen LogP contribution in [0.15, 0.2) is 24.3 Å². The third kappa shape index (κ3) is 4.91. The molecule has 4 N–H and O–H groups in total. The van der Waals surface area contributed by atoms with Crippen molar-refractivity contribution in [1.29, 1.82) is 0 Å². The summed E-state index contributed by atoms with van der Waals surface area (Å²) in [7, 11) is 0. The number of benzene rings is 1. The number of anilines is 1. The largest absolute Gasteiger partial charge is 0.333 e. The highest BCUT2D eigenvalue weighted by atomic mass is 16.2. The van der Waals surface area contributed by atoms with Crippen LogP contribution in [0.2, 0.25) is 0 Å². The van der Waals surface area contributed by atoms with Gasteiger partial charge in [-0.15, -0.1) is 0 Å². The van der Waals surface area contributed by atoms with Gasteiger partial charge in [-0.3, -0.25) is 0 Å². The molecule has 0 radical (unpaired) electrons. The van der Waals surface area contributed by atoms with E-state index in [1.165, 1.54) is 0 Å². The zero-order valence-corrected chi connectivity index (χ0v) is 12.5. The second kappa shape index (κ2) is 5.61. The maximum atomic E-state index is 11.7. The summed E-state index contributed by atoms with van der Waals surface area (Å²) in [5.41, 5.74) is 7.39. The van der Waals surface area contributed by atoms with E-state index in [4.69, 9.17) is 5.73 Å². The summed E-state index contributed by atoms with van der Waals surface area (Å²) in [6.07, 6.45) is 0. The van der Waals surface area contributed by atoms with Crippen LogP contribution in [0, 0.1) is 0 Å². The van der Waals surface area contributed by atoms with Crippen molar-refractivity contribution in [2.24, 2.45) is 5.73 Å². The summed E-state index contributed by atoms with van der Waals surface area (Å²) in [6, 6.07) is 7.60. The quantitative estimate of drug-likeness (QED) is 0.785. The summed E-state index contributed by atoms with van der Waals surface area (Å²) >= 11 is 0. The van der Waals surface area contributed by atoms with Gasteiger partial charge in [0.15, 0.2) is 0 Å². The van der Waals surface area contributed by atoms with Crippen LogP contribution in [0.5, 0.6) is 0 Å². The van der Waals surface area contributed by atoms with Crippen molar-refractivity contribution in [2.75, 3.05) is 11.9 Å². The van der Waals surface area contributed by atoms with Gasteiger partial charge in [0.1, 0.15) is 0 Å². The average molecular weight is 263 g/mol. The third-order valence-corrected chi connectivity index (χ3v) is 2.92. The van der Waals surface area contributed by atoms with Crippen LogP contribution in [0.4, 0.5) is 10.5 Å². The van der Waals surface area contributed by atoms with Crippen molar-refractivity contribution in [1.82, 2.24) is 5.32 Å². The molecule has 0 saturated heterocycles. The number of nitrogens with one attached hydrogen (secondary N) is 2. The molecule has 0 aliphatic carbocycles. The number of hydrogen-bond acceptors (Lipinski definition) is 2. The summed E-state index contributed by atoms with van der Waals surface area (Å²) in [4.78, 5) is 11.7. The molecular weight excluding hydrogens is 238 g/mol. The maximum absolute atomic E-state index is 11.7. The Morgan fingerprint density at radius 3 is 2.05 bits per heavy atom. The Hall–Kier alpha value is -1.55. The Morgan fingerprint density at radius 1 is 1.11 bits per heavy atom. The van der Waals surface area contributed by atoms with E-state index < -0.39 is 0 Å². The van der Waals surface area contributed by atoms with E-state index in [1.54, 1.807) is 0 Å². The Kier molecular flexibility index (Phi) is 4.58. The summed E-state index contributed by atoms with van der Waals surface area (Å²) in [6.45, 7) is 10.6. The molecule has 0 bridgehead atoms. The molecule has 0 aliphatic heterocycles. The monoisotopic (exact) mass is 263 g/mol. The van der Waals surface area contributed by atoms with Gasteiger partial charge >= 0.3 is 6.03 Å². The normalized spacial score (nSPS) is 12.1. The highest BCUT2D eigenvalue weighted by Gasteiger charge is 2.18. The van der Waals surface area contributed by atoms with Gasteiger partial charge in [0.2, 0.25) is 0 Å². The number of hydrogen-bond donors (Lipinski definition) is 3. The third-order valence-electron chi connectivity index (χ3n) is 2.92. The van der Waals surface area contributed by atoms with Crippen molar-refractivity contribution in [3.63, 3.8) is 0 Å². The smallest absolute Gasteiger partial charge is 0.319 e. The molecule has 4 nitrogen and oxygen atoms in total. The predicted molar refractivity (Wildman–Crippen MR) is 80.4 cm³/mol. The highest BCUT2D eigenvalue weighted by molar-refractivity contribution is 5.89. The number of rotatable bonds is 3. The van der Waals surface area contributed by atoms with Gasteiger partial charge in [0.05, 0.1) is 0 Å². The first-order valence-corrected chi connectivity index (χ1v) is 6.54. The standard InChI is InChI=1S/C15H25N3O/c1-14(2,3)18-13(19)17-12-8-6-11(7-9-12)15(4,5)10-16/h6-9H,10,16H2,1-5H3,(H2,17,18,19). The topological polar surface area (TPSA) is 67.2 Å². The van der Waals surface area contributed by atoms with Gasteiger partial charge in [-0.2, -0.15) is 0 Å². The van der Waals surface area contributed by atoms with E-state index in [0.717, 1.165) is 11.3 Å². The number of urea groups is 1. The maximum Gasteiger partial charge on any atom is 0.319 e. The zero-order chi connectivity index (χ0) is 14.7. The lowest BCUT2D eigenvalue weighted by Crippen LogP contribution is -2.43. The van der Waals surface area contributed by atoms with E-state index >= 15 is 0 Å². The molecule has 0 aliphatic rings. The van der Waals surface area contributed by atoms with Gasteiger partial charge < -0.3 is 16.4 Å². The number of nitrogens with two attached hydrogens (primary N) is 1. The van der Waals surface area contributed by atoms with Crippen molar-refractivity contribution >= 4 is 11.7 Å². The van der Waals surface area contributed by atoms with Gasteiger partial charge in [-0.25, -0.2) is 4.79 Å². The van der Waals surface area contributed by atoms with Crippen LogP contribution >= 0.6 is 0 Å². The second-order valence-electron chi connectivity index (χ2n) is 6.49. The molecule has 0 atom stereocenters. The summed E-state index contributed by atoms with van der Waals surface area (Å²) < 4.78 is 0. The van der Waals surface area contributed by atoms with E-state index in [9.17, 15) is 4.79 Å². The fourth-order valence-electron chi connectivity index (χ4n) is 1.63. The van der Waals surface area contributed by atoms with Crippen molar-refractivity contribution in [2.45, 2.75) is 45.6 Å². The first kappa shape index (κ1) is 15.5. The molecule has 2 amide bonds. The molecule has 0 heterocycles. The van der Waals surface area contributed by atoms with Gasteiger partial charge in [0.25, 0.3) is 0 Å². The van der Waals surface area contributed by atoms with E-state index in [0.29, 0.717) is 6.54 Å². The van der Waals surface area contributed by atoms with Crippen LogP contribution < -0.4 is 16.4 Å². The molecule has 0 fully saturated rings. The van der Waals surface area contributed by atoms with Crippen LogP contribution in [-0.4, -0.2) is 18.1 Å². The van der Waals surface area contributed by atoms with Crippen LogP contribution in [0.3, 0.4) is 0 Å². The average Bonchev–Trinajstić information content (AvgIpc) is 2.27. The molecule has 19 heavy (non-hydrogen) atoms. The summed E-state index contributed by atoms with van der Waals surface area (Å²) in [5.74, 6) is 0. The molecule has 0 spiro atoms. The Labute approximate surface area is 115 Å². The molecular formula is C15H25N3O. The lowest BCUT2D eigenvalue weighted by atomic mass is 9.85. The zero-order valence-electron chi connectivity index (χ0n) is 12.5. The lowest BCUT2D eigenvalue weighted by Gasteiger charge is -2.23. The fourth-order valence-corrected chi connectivity index (χ4v) is 1.63. The first-order valence-electron chi connectivity index (χ1n) is 6.54. The van der Waals surface area contributed by atoms with E-state index in [2.05, 4.69) is 24.5 Å². The SMILES string of the molecule is CC(C)(C)NC(=O)Nc1ccc(C(C)(C)CN)cc1. The predicted octanol–water partition coefficient (Wildman–Crippen LogP) is 2.84. The minimum absolute atomic E-state index is 0.0494. The number of carbonyl (C=O) groups is 1. The fraction of sp³-hybridized carbons (Fsp3) is 0.533. The van der Waals surface area contributed by atoms with Crippen LogP contribution in [0.1, 0.15) is 40.2 Å². The van der Waals surface area contributed by atoms with Gasteiger partial charge in [0, 0.05) is 23.2 Å². The van der Waals surface area contributed by atoms with Gasteiger partial charge in [-0.05, 0) is 38.5 Å². The van der Waals surface area contributed by atoms with Crippen molar-refractivity contribution in [3.05, 3.63) is 29.8 Å². The highest BCUT2D eigenvalue weighted by Crippen LogP contribution is 2.23. The lowest BCUT2D eigenvalue weighted by molar-refractivity contribution is 0.244. The molecule has 0 unspecified atom stereocenters. The molecule has 1 aromatic rings. The van der Waals surface area contributed by atoms with Gasteiger partial charge in [-0.1, -0.05) is 26.0 Å². The molecule has 0 aromatic heterocycles. The second-order valence-corrected chi connectivity index (χ2v) is 6.49. The number of carbonyl (C=O) groups excluding carboxylic acids is 1. The molecule has 4 heteroatoms. The minimum atomic E-state index is -0.244. The summed E-state index contributed by atoms with van der Waals surface area (Å²) in [5, 5.41) is 5.67. The van der Waals surface area contributed by atoms with E-state index in [-0.39, 0.29) is 17.0 Å².